The molecule has 12 heteroatoms. The predicted octanol–water partition coefficient (Wildman–Crippen LogP) is 6.64. The second-order valence-electron chi connectivity index (χ2n) is 8.40. The topological polar surface area (TPSA) is 55.3 Å². The molecule has 0 saturated heterocycles. The van der Waals surface area contributed by atoms with Crippen molar-refractivity contribution < 1.29 is 35.9 Å². The Morgan fingerprint density at radius 1 is 1.00 bits per heavy atom. The number of hydrogen-bond acceptors (Lipinski definition) is 5. The molecule has 2 heterocycles. The maximum Gasteiger partial charge on any atom is 0.416 e. The molecule has 0 aliphatic carbocycles. The van der Waals surface area contributed by atoms with Gasteiger partial charge in [0.25, 0.3) is 5.91 Å². The minimum Gasteiger partial charge on any atom is -0.477 e. The van der Waals surface area contributed by atoms with Gasteiger partial charge in [0.1, 0.15) is 5.56 Å². The van der Waals surface area contributed by atoms with Gasteiger partial charge in [0.05, 0.1) is 23.4 Å². The number of ether oxygens (including phenoxy) is 1. The van der Waals surface area contributed by atoms with Gasteiger partial charge < -0.3 is 9.64 Å². The molecule has 3 aromatic rings. The first-order valence-corrected chi connectivity index (χ1v) is 12.3. The monoisotopic (exact) mass is 541 g/mol. The second kappa shape index (κ2) is 10.2. The molecule has 0 bridgehead atoms. The number of carbonyl (C=O) groups excluding carboxylic acids is 1. The van der Waals surface area contributed by atoms with Gasteiger partial charge in [-0.25, -0.2) is 4.98 Å². The van der Waals surface area contributed by atoms with Crippen LogP contribution < -0.4 is 4.74 Å². The Morgan fingerprint density at radius 3 is 2.24 bits per heavy atom. The predicted molar refractivity (Wildman–Crippen MR) is 125 cm³/mol. The molecule has 1 amide bonds. The molecular weight excluding hydrogens is 520 g/mol. The highest BCUT2D eigenvalue weighted by molar-refractivity contribution is 7.98. The number of fused-ring (bicyclic) bond motifs is 1. The first kappa shape index (κ1) is 26.8. The lowest BCUT2D eigenvalue weighted by Crippen LogP contribution is -2.35. The van der Waals surface area contributed by atoms with Gasteiger partial charge in [-0.3, -0.25) is 4.79 Å². The summed E-state index contributed by atoms with van der Waals surface area (Å²) in [6.45, 7) is 1.55. The third-order valence-corrected chi connectivity index (χ3v) is 6.32. The molecule has 5 nitrogen and oxygen atoms in total. The van der Waals surface area contributed by atoms with Gasteiger partial charge in [-0.15, -0.1) is 0 Å². The van der Waals surface area contributed by atoms with Crippen LogP contribution in [-0.2, 0) is 18.9 Å². The van der Waals surface area contributed by atoms with Crippen LogP contribution in [0.1, 0.15) is 39.0 Å². The zero-order valence-electron chi connectivity index (χ0n) is 19.7. The van der Waals surface area contributed by atoms with Crippen LogP contribution in [0.2, 0.25) is 0 Å². The molecule has 1 aliphatic rings. The number of halogens is 6. The lowest BCUT2D eigenvalue weighted by Gasteiger charge is -2.28. The van der Waals surface area contributed by atoms with E-state index in [9.17, 15) is 31.1 Å². The molecule has 0 spiro atoms. The van der Waals surface area contributed by atoms with E-state index in [1.54, 1.807) is 18.4 Å². The summed E-state index contributed by atoms with van der Waals surface area (Å²) in [7, 11) is 0. The number of aromatic nitrogens is 2. The van der Waals surface area contributed by atoms with E-state index >= 15 is 0 Å². The number of carbonyl (C=O) groups is 1. The van der Waals surface area contributed by atoms with Crippen LogP contribution in [0.3, 0.4) is 0 Å². The molecule has 1 aliphatic heterocycles. The Morgan fingerprint density at radius 2 is 1.65 bits per heavy atom. The summed E-state index contributed by atoms with van der Waals surface area (Å²) in [4.78, 5) is 23.8. The maximum absolute atomic E-state index is 13.8. The zero-order chi connectivity index (χ0) is 27.0. The molecule has 0 atom stereocenters. The number of thioether (sulfide) groups is 1. The molecule has 196 valence electrons. The van der Waals surface area contributed by atoms with Crippen molar-refractivity contribution in [1.82, 2.24) is 14.9 Å². The highest BCUT2D eigenvalue weighted by atomic mass is 32.2. The molecule has 0 N–H and O–H groups in total. The second-order valence-corrected chi connectivity index (χ2v) is 9.17. The van der Waals surface area contributed by atoms with E-state index in [-0.39, 0.29) is 41.9 Å². The quantitative estimate of drug-likeness (QED) is 0.211. The largest absolute Gasteiger partial charge is 0.477 e. The molecule has 4 rings (SSSR count). The Labute approximate surface area is 212 Å². The molecule has 0 fully saturated rings. The number of hydrogen-bond donors (Lipinski definition) is 0. The summed E-state index contributed by atoms with van der Waals surface area (Å²) in [6, 6.07) is 8.51. The lowest BCUT2D eigenvalue weighted by molar-refractivity contribution is -0.143. The fourth-order valence-electron chi connectivity index (χ4n) is 4.01. The fraction of sp³-hybridized carbons (Fsp3) is 0.320. The lowest BCUT2D eigenvalue weighted by atomic mass is 10.00. The smallest absolute Gasteiger partial charge is 0.416 e. The van der Waals surface area contributed by atoms with Crippen LogP contribution in [0.4, 0.5) is 26.3 Å². The van der Waals surface area contributed by atoms with E-state index < -0.39 is 35.9 Å². The standard InChI is InChI=1S/C25H21F6N3O2S/c1-14-6-3-4-7-18(14)20-19-21(33-23(32-20)37-2)36-9-5-8-34(22(19)35)13-15-10-16(24(26,27)28)12-17(11-15)25(29,30)31/h3-4,6-7,10-12H,5,8-9,13H2,1-2H3. The SMILES string of the molecule is CSc1nc2c(c(-c3ccccc3C)n1)C(=O)N(Cc1cc(C(F)(F)F)cc(C(F)(F)F)c1)CCCO2. The molecule has 0 unspecified atom stereocenters. The van der Waals surface area contributed by atoms with Crippen LogP contribution in [0.25, 0.3) is 11.3 Å². The normalized spacial score (nSPS) is 14.6. The van der Waals surface area contributed by atoms with Crippen LogP contribution >= 0.6 is 11.8 Å². The summed E-state index contributed by atoms with van der Waals surface area (Å²) in [5, 5.41) is 0.352. The number of benzene rings is 2. The third kappa shape index (κ3) is 5.84. The van der Waals surface area contributed by atoms with Crippen molar-refractivity contribution in [3.63, 3.8) is 0 Å². The molecule has 0 saturated carbocycles. The number of nitrogens with zero attached hydrogens (tertiary/aromatic N) is 3. The van der Waals surface area contributed by atoms with Crippen molar-refractivity contribution in [2.45, 2.75) is 37.4 Å². The molecule has 1 aromatic heterocycles. The van der Waals surface area contributed by atoms with Crippen molar-refractivity contribution in [1.29, 1.82) is 0 Å². The van der Waals surface area contributed by atoms with Gasteiger partial charge in [-0.2, -0.15) is 31.3 Å². The highest BCUT2D eigenvalue weighted by Gasteiger charge is 2.37. The third-order valence-electron chi connectivity index (χ3n) is 5.77. The summed E-state index contributed by atoms with van der Waals surface area (Å²) >= 11 is 1.24. The maximum atomic E-state index is 13.8. The number of rotatable bonds is 4. The van der Waals surface area contributed by atoms with Gasteiger partial charge in [0, 0.05) is 18.7 Å². The Kier molecular flexibility index (Phi) is 7.40. The van der Waals surface area contributed by atoms with Gasteiger partial charge in [0.2, 0.25) is 5.88 Å². The zero-order valence-corrected chi connectivity index (χ0v) is 20.5. The average Bonchev–Trinajstić information content (AvgIpc) is 2.83. The Balaban J connectivity index is 1.82. The van der Waals surface area contributed by atoms with Crippen molar-refractivity contribution in [2.75, 3.05) is 19.4 Å². The van der Waals surface area contributed by atoms with Crippen LogP contribution in [0.15, 0.2) is 47.6 Å². The van der Waals surface area contributed by atoms with Gasteiger partial charge in [0.15, 0.2) is 5.16 Å². The number of aryl methyl sites for hydroxylation is 1. The van der Waals surface area contributed by atoms with Crippen molar-refractivity contribution in [3.05, 3.63) is 70.3 Å². The van der Waals surface area contributed by atoms with Gasteiger partial charge in [-0.05, 0) is 48.9 Å². The van der Waals surface area contributed by atoms with Crippen LogP contribution in [0, 0.1) is 6.92 Å². The summed E-state index contributed by atoms with van der Waals surface area (Å²) in [6.07, 6.45) is -7.92. The van der Waals surface area contributed by atoms with E-state index in [4.69, 9.17) is 4.74 Å². The highest BCUT2D eigenvalue weighted by Crippen LogP contribution is 2.38. The first-order chi connectivity index (χ1) is 17.4. The Hall–Kier alpha value is -3.28. The first-order valence-electron chi connectivity index (χ1n) is 11.1. The van der Waals surface area contributed by atoms with Gasteiger partial charge >= 0.3 is 12.4 Å². The number of alkyl halides is 6. The average molecular weight is 542 g/mol. The molecular formula is C25H21F6N3O2S. The van der Waals surface area contributed by atoms with Crippen molar-refractivity contribution >= 4 is 17.7 Å². The minimum absolute atomic E-state index is 0.00909. The summed E-state index contributed by atoms with van der Waals surface area (Å²) in [5.74, 6) is -0.626. The summed E-state index contributed by atoms with van der Waals surface area (Å²) in [5.41, 5.74) is -1.43. The van der Waals surface area contributed by atoms with E-state index in [0.29, 0.717) is 29.3 Å². The Bertz CT molecular complexity index is 1290. The molecule has 2 aromatic carbocycles. The molecule has 37 heavy (non-hydrogen) atoms. The van der Waals surface area contributed by atoms with E-state index in [1.807, 2.05) is 19.1 Å². The van der Waals surface area contributed by atoms with Crippen LogP contribution in [0.5, 0.6) is 5.88 Å². The van der Waals surface area contributed by atoms with Gasteiger partial charge in [-0.1, -0.05) is 36.0 Å². The van der Waals surface area contributed by atoms with Crippen LogP contribution in [-0.4, -0.2) is 40.2 Å². The van der Waals surface area contributed by atoms with E-state index in [2.05, 4.69) is 9.97 Å². The van der Waals surface area contributed by atoms with Crippen molar-refractivity contribution in [3.8, 4) is 17.1 Å². The number of amides is 1. The van der Waals surface area contributed by atoms with E-state index in [1.165, 1.54) is 16.7 Å². The van der Waals surface area contributed by atoms with E-state index in [0.717, 1.165) is 5.56 Å². The summed E-state index contributed by atoms with van der Waals surface area (Å²) < 4.78 is 86.0. The van der Waals surface area contributed by atoms with Crippen molar-refractivity contribution in [2.24, 2.45) is 0 Å². The molecule has 0 radical (unpaired) electrons. The minimum atomic E-state index is -4.99. The fourth-order valence-corrected chi connectivity index (χ4v) is 4.37.